The highest BCUT2D eigenvalue weighted by Crippen LogP contribution is 2.26. The number of esters is 1. The van der Waals surface area contributed by atoms with Crippen LogP contribution in [0.4, 0.5) is 8.78 Å². The van der Waals surface area contributed by atoms with E-state index >= 15 is 0 Å². The molecular formula is C10H11F2NO5. The lowest BCUT2D eigenvalue weighted by molar-refractivity contribution is -0.185. The summed E-state index contributed by atoms with van der Waals surface area (Å²) >= 11 is 0. The Morgan fingerprint density at radius 2 is 2.00 bits per heavy atom. The monoisotopic (exact) mass is 263 g/mol. The predicted octanol–water partition coefficient (Wildman–Crippen LogP) is 0.382. The van der Waals surface area contributed by atoms with Crippen LogP contribution in [0, 0.1) is 0 Å². The molecular weight excluding hydrogens is 252 g/mol. The topological polar surface area (TPSA) is 83.9 Å². The molecule has 2 atom stereocenters. The molecule has 0 saturated carbocycles. The lowest BCUT2D eigenvalue weighted by atomic mass is 9.92. The Bertz CT molecular complexity index is 384. The fourth-order valence-electron chi connectivity index (χ4n) is 1.79. The van der Waals surface area contributed by atoms with Crippen molar-refractivity contribution in [3.63, 3.8) is 0 Å². The van der Waals surface area contributed by atoms with Crippen molar-refractivity contribution in [1.82, 2.24) is 4.90 Å². The largest absolute Gasteiger partial charge is 0.480 e. The fraction of sp³-hybridized carbons (Fsp3) is 0.500. The molecule has 8 heteroatoms. The van der Waals surface area contributed by atoms with Crippen LogP contribution < -0.4 is 0 Å². The lowest BCUT2D eigenvalue weighted by Crippen LogP contribution is -2.53. The van der Waals surface area contributed by atoms with Crippen LogP contribution in [0.3, 0.4) is 0 Å². The first kappa shape index (κ1) is 14.1. The third kappa shape index (κ3) is 3.02. The Labute approximate surface area is 101 Å². The highest BCUT2D eigenvalue weighted by atomic mass is 19.3. The van der Waals surface area contributed by atoms with Gasteiger partial charge in [-0.05, 0) is 12.8 Å². The van der Waals surface area contributed by atoms with Gasteiger partial charge in [-0.2, -0.15) is 8.78 Å². The number of alkyl halides is 2. The molecule has 1 aliphatic rings. The summed E-state index contributed by atoms with van der Waals surface area (Å²) in [6.45, 7) is 0.211. The van der Waals surface area contributed by atoms with Crippen LogP contribution in [0.15, 0.2) is 12.2 Å². The van der Waals surface area contributed by atoms with E-state index in [1.54, 1.807) is 0 Å². The van der Waals surface area contributed by atoms with Gasteiger partial charge in [0, 0.05) is 0 Å². The molecule has 1 saturated heterocycles. The van der Waals surface area contributed by atoms with Crippen molar-refractivity contribution >= 4 is 18.3 Å². The number of halogens is 2. The van der Waals surface area contributed by atoms with Crippen molar-refractivity contribution in [3.05, 3.63) is 12.2 Å². The van der Waals surface area contributed by atoms with E-state index in [1.165, 1.54) is 0 Å². The van der Waals surface area contributed by atoms with Crippen LogP contribution in [0.2, 0.25) is 0 Å². The molecule has 6 nitrogen and oxygen atoms in total. The van der Waals surface area contributed by atoms with Gasteiger partial charge in [0.15, 0.2) is 0 Å². The molecule has 0 aromatic heterocycles. The minimum atomic E-state index is -3.32. The van der Waals surface area contributed by atoms with E-state index in [0.29, 0.717) is 10.5 Å². The highest BCUT2D eigenvalue weighted by Gasteiger charge is 2.40. The summed E-state index contributed by atoms with van der Waals surface area (Å²) in [5.41, 5.74) is 0.386. The van der Waals surface area contributed by atoms with Crippen LogP contribution in [-0.2, 0) is 19.1 Å². The number of likely N-dealkylation sites (tertiary alicyclic amines) is 1. The molecule has 18 heavy (non-hydrogen) atoms. The normalized spacial score (nSPS) is 23.9. The zero-order valence-electron chi connectivity index (χ0n) is 9.21. The van der Waals surface area contributed by atoms with Gasteiger partial charge in [0.25, 0.3) is 0 Å². The number of rotatable bonds is 4. The average Bonchev–Trinajstić information content (AvgIpc) is 2.26. The Balaban J connectivity index is 2.93. The molecule has 0 aromatic rings. The second-order valence-corrected chi connectivity index (χ2v) is 3.78. The third-order valence-corrected chi connectivity index (χ3v) is 2.57. The molecule has 0 spiro atoms. The van der Waals surface area contributed by atoms with E-state index in [4.69, 9.17) is 5.11 Å². The van der Waals surface area contributed by atoms with Gasteiger partial charge in [-0.1, -0.05) is 12.2 Å². The second kappa shape index (κ2) is 5.56. The van der Waals surface area contributed by atoms with Gasteiger partial charge in [0.1, 0.15) is 12.1 Å². The number of carboxylic acid groups (broad SMARTS) is 1. The summed E-state index contributed by atoms with van der Waals surface area (Å²) in [4.78, 5) is 33.8. The van der Waals surface area contributed by atoms with E-state index in [1.807, 2.05) is 0 Å². The number of carbonyl (C=O) groups is 3. The van der Waals surface area contributed by atoms with Crippen molar-refractivity contribution in [2.75, 3.05) is 0 Å². The van der Waals surface area contributed by atoms with Gasteiger partial charge in [0.2, 0.25) is 6.41 Å². The van der Waals surface area contributed by atoms with Gasteiger partial charge >= 0.3 is 18.6 Å². The van der Waals surface area contributed by atoms with Gasteiger partial charge in [-0.15, -0.1) is 0 Å². The summed E-state index contributed by atoms with van der Waals surface area (Å²) < 4.78 is 27.6. The lowest BCUT2D eigenvalue weighted by Gasteiger charge is -2.36. The van der Waals surface area contributed by atoms with Crippen molar-refractivity contribution in [2.24, 2.45) is 0 Å². The number of hydrogen-bond donors (Lipinski definition) is 1. The Kier molecular flexibility index (Phi) is 4.35. The molecule has 1 amide bonds. The molecule has 0 radical (unpaired) electrons. The molecule has 1 N–H and O–H groups in total. The number of nitrogens with zero attached hydrogens (tertiary/aromatic N) is 1. The molecule has 2 unspecified atom stereocenters. The summed E-state index contributed by atoms with van der Waals surface area (Å²) in [5, 5.41) is 8.90. The SMILES string of the molecule is C=C1CC(C(=O)O)N(C=O)C(C(=O)OC(F)F)C1. The summed E-state index contributed by atoms with van der Waals surface area (Å²) in [6, 6.07) is -2.67. The number of carboxylic acids is 1. The zero-order chi connectivity index (χ0) is 13.9. The molecule has 1 fully saturated rings. The standard InChI is InChI=1S/C10H11F2NO5/c1-5-2-6(8(15)16)13(4-14)7(3-5)9(17)18-10(11)12/h4,6-7,10H,1-3H2,(H,15,16). The number of aliphatic carboxylic acids is 1. The summed E-state index contributed by atoms with van der Waals surface area (Å²) in [7, 11) is 0. The maximum atomic E-state index is 11.9. The second-order valence-electron chi connectivity index (χ2n) is 3.78. The predicted molar refractivity (Wildman–Crippen MR) is 53.6 cm³/mol. The maximum absolute atomic E-state index is 11.9. The summed E-state index contributed by atoms with van der Waals surface area (Å²) in [6.07, 6.45) is 0.0310. The molecule has 0 aromatic carbocycles. The van der Waals surface area contributed by atoms with Crippen LogP contribution >= 0.6 is 0 Å². The van der Waals surface area contributed by atoms with Gasteiger partial charge in [-0.25, -0.2) is 9.59 Å². The molecule has 0 aliphatic carbocycles. The van der Waals surface area contributed by atoms with E-state index in [0.717, 1.165) is 0 Å². The van der Waals surface area contributed by atoms with Crippen molar-refractivity contribution < 1.29 is 33.0 Å². The first-order valence-electron chi connectivity index (χ1n) is 4.97. The fourth-order valence-corrected chi connectivity index (χ4v) is 1.79. The van der Waals surface area contributed by atoms with E-state index in [9.17, 15) is 23.2 Å². The van der Waals surface area contributed by atoms with Crippen LogP contribution in [0.25, 0.3) is 0 Å². The Hall–Kier alpha value is -1.99. The molecule has 1 rings (SSSR count). The molecule has 100 valence electrons. The first-order valence-corrected chi connectivity index (χ1v) is 4.97. The number of amides is 1. The van der Waals surface area contributed by atoms with E-state index in [-0.39, 0.29) is 19.3 Å². The zero-order valence-corrected chi connectivity index (χ0v) is 9.21. The van der Waals surface area contributed by atoms with Crippen molar-refractivity contribution in [1.29, 1.82) is 0 Å². The minimum Gasteiger partial charge on any atom is -0.480 e. The third-order valence-electron chi connectivity index (χ3n) is 2.57. The Morgan fingerprint density at radius 1 is 1.44 bits per heavy atom. The van der Waals surface area contributed by atoms with E-state index in [2.05, 4.69) is 11.3 Å². The van der Waals surface area contributed by atoms with Crippen LogP contribution in [-0.4, -0.2) is 47.1 Å². The number of hydrogen-bond acceptors (Lipinski definition) is 4. The Morgan fingerprint density at radius 3 is 2.44 bits per heavy atom. The maximum Gasteiger partial charge on any atom is 0.389 e. The average molecular weight is 263 g/mol. The summed E-state index contributed by atoms with van der Waals surface area (Å²) in [5.74, 6) is -2.68. The van der Waals surface area contributed by atoms with E-state index < -0.39 is 30.6 Å². The van der Waals surface area contributed by atoms with Crippen molar-refractivity contribution in [3.8, 4) is 0 Å². The first-order chi connectivity index (χ1) is 8.36. The smallest absolute Gasteiger partial charge is 0.389 e. The number of carbonyl (C=O) groups excluding carboxylic acids is 2. The molecule has 0 bridgehead atoms. The molecule has 1 heterocycles. The van der Waals surface area contributed by atoms with Gasteiger partial charge in [0.05, 0.1) is 0 Å². The quantitative estimate of drug-likeness (QED) is 0.450. The molecule has 1 aliphatic heterocycles. The minimum absolute atomic E-state index is 0.0213. The number of piperidine rings is 1. The number of ether oxygens (including phenoxy) is 1. The van der Waals surface area contributed by atoms with Gasteiger partial charge < -0.3 is 14.7 Å². The van der Waals surface area contributed by atoms with Crippen LogP contribution in [0.5, 0.6) is 0 Å². The highest BCUT2D eigenvalue weighted by molar-refractivity contribution is 5.84. The van der Waals surface area contributed by atoms with Gasteiger partial charge in [-0.3, -0.25) is 4.79 Å². The van der Waals surface area contributed by atoms with Crippen LogP contribution in [0.1, 0.15) is 12.8 Å². The van der Waals surface area contributed by atoms with Crippen molar-refractivity contribution in [2.45, 2.75) is 31.5 Å².